The average molecular weight is 216 g/mol. The second kappa shape index (κ2) is 4.43. The van der Waals surface area contributed by atoms with Gasteiger partial charge in [-0.15, -0.1) is 0 Å². The maximum Gasteiger partial charge on any atom is 0.158 e. The van der Waals surface area contributed by atoms with Crippen LogP contribution in [0.1, 0.15) is 37.4 Å². The van der Waals surface area contributed by atoms with Crippen LogP contribution in [-0.4, -0.2) is 23.2 Å². The highest BCUT2D eigenvalue weighted by molar-refractivity contribution is 6.07. The number of nitrogens with zero attached hydrogens (tertiary/aromatic N) is 3. The smallest absolute Gasteiger partial charge is 0.158 e. The summed E-state index contributed by atoms with van der Waals surface area (Å²) in [5, 5.41) is 0. The van der Waals surface area contributed by atoms with Crippen LogP contribution in [0.3, 0.4) is 0 Å². The van der Waals surface area contributed by atoms with E-state index in [0.29, 0.717) is 17.6 Å². The van der Waals surface area contributed by atoms with Gasteiger partial charge in [0.25, 0.3) is 0 Å². The summed E-state index contributed by atoms with van der Waals surface area (Å²) in [7, 11) is 0. The molecule has 84 valence electrons. The van der Waals surface area contributed by atoms with E-state index in [9.17, 15) is 0 Å². The fraction of sp³-hybridized carbons (Fsp3) is 0.417. The summed E-state index contributed by atoms with van der Waals surface area (Å²) in [5.74, 6) is 1.79. The van der Waals surface area contributed by atoms with Crippen LogP contribution >= 0.6 is 0 Å². The molecule has 4 nitrogen and oxygen atoms in total. The van der Waals surface area contributed by atoms with E-state index < -0.39 is 0 Å². The molecule has 0 aromatic carbocycles. The molecule has 4 heteroatoms. The van der Waals surface area contributed by atoms with Gasteiger partial charge in [-0.05, 0) is 18.1 Å². The van der Waals surface area contributed by atoms with Gasteiger partial charge in [0.15, 0.2) is 5.84 Å². The van der Waals surface area contributed by atoms with Crippen molar-refractivity contribution in [2.45, 2.75) is 26.2 Å². The number of aliphatic imine (C=N–C) groups is 2. The zero-order valence-corrected chi connectivity index (χ0v) is 9.64. The highest BCUT2D eigenvalue weighted by atomic mass is 15.0. The van der Waals surface area contributed by atoms with Crippen LogP contribution in [0.4, 0.5) is 0 Å². The van der Waals surface area contributed by atoms with Crippen LogP contribution in [0.2, 0.25) is 0 Å². The summed E-state index contributed by atoms with van der Waals surface area (Å²) in [4.78, 5) is 13.0. The summed E-state index contributed by atoms with van der Waals surface area (Å²) in [6, 6.07) is 4.02. The van der Waals surface area contributed by atoms with Crippen LogP contribution in [-0.2, 0) is 0 Å². The quantitative estimate of drug-likeness (QED) is 0.818. The van der Waals surface area contributed by atoms with Crippen molar-refractivity contribution in [1.82, 2.24) is 4.98 Å². The molecule has 1 aliphatic rings. The molecule has 0 radical (unpaired) electrons. The lowest BCUT2D eigenvalue weighted by Gasteiger charge is -2.09. The minimum absolute atomic E-state index is 0.441. The number of hydrogen-bond acceptors (Lipinski definition) is 4. The molecule has 0 atom stereocenters. The lowest BCUT2D eigenvalue weighted by Crippen LogP contribution is -2.20. The van der Waals surface area contributed by atoms with Crippen molar-refractivity contribution in [3.05, 3.63) is 29.6 Å². The molecule has 0 amide bonds. The third-order valence-electron chi connectivity index (χ3n) is 2.52. The normalized spacial score (nSPS) is 15.9. The van der Waals surface area contributed by atoms with Gasteiger partial charge in [-0.25, -0.2) is 4.99 Å². The largest absolute Gasteiger partial charge is 0.387 e. The second-order valence-electron chi connectivity index (χ2n) is 4.18. The number of amidine groups is 2. The molecule has 1 aromatic rings. The van der Waals surface area contributed by atoms with E-state index in [1.54, 1.807) is 0 Å². The molecule has 0 saturated carbocycles. The van der Waals surface area contributed by atoms with Crippen molar-refractivity contribution in [1.29, 1.82) is 0 Å². The minimum Gasteiger partial charge on any atom is -0.387 e. The lowest BCUT2D eigenvalue weighted by molar-refractivity contribution is 0.822. The maximum absolute atomic E-state index is 5.69. The monoisotopic (exact) mass is 216 g/mol. The number of rotatable bonds is 2. The Morgan fingerprint density at radius 2 is 2.12 bits per heavy atom. The van der Waals surface area contributed by atoms with Gasteiger partial charge in [0, 0.05) is 30.4 Å². The van der Waals surface area contributed by atoms with Crippen LogP contribution in [0.25, 0.3) is 0 Å². The van der Waals surface area contributed by atoms with Gasteiger partial charge in [0.05, 0.1) is 0 Å². The number of nitrogens with two attached hydrogens (primary N) is 1. The average Bonchev–Trinajstić information content (AvgIpc) is 2.29. The van der Waals surface area contributed by atoms with Crippen molar-refractivity contribution in [2.24, 2.45) is 15.7 Å². The van der Waals surface area contributed by atoms with Gasteiger partial charge in [0.1, 0.15) is 5.84 Å². The summed E-state index contributed by atoms with van der Waals surface area (Å²) < 4.78 is 0. The molecule has 0 fully saturated rings. The Labute approximate surface area is 95.3 Å². The topological polar surface area (TPSA) is 63.6 Å². The summed E-state index contributed by atoms with van der Waals surface area (Å²) in [6.45, 7) is 4.96. The first-order valence-electron chi connectivity index (χ1n) is 5.50. The van der Waals surface area contributed by atoms with Crippen molar-refractivity contribution in [2.75, 3.05) is 6.54 Å². The third-order valence-corrected chi connectivity index (χ3v) is 2.52. The van der Waals surface area contributed by atoms with Crippen molar-refractivity contribution >= 4 is 11.7 Å². The molecule has 0 aliphatic carbocycles. The first kappa shape index (κ1) is 10.8. The summed E-state index contributed by atoms with van der Waals surface area (Å²) in [5.41, 5.74) is 7.71. The fourth-order valence-corrected chi connectivity index (χ4v) is 1.54. The molecule has 0 saturated heterocycles. The van der Waals surface area contributed by atoms with Crippen molar-refractivity contribution in [3.63, 3.8) is 0 Å². The minimum atomic E-state index is 0.441. The Hall–Kier alpha value is -1.71. The number of hydrogen-bond donors (Lipinski definition) is 1. The zero-order valence-electron chi connectivity index (χ0n) is 9.64. The highest BCUT2D eigenvalue weighted by Crippen LogP contribution is 2.13. The number of aromatic nitrogens is 1. The van der Waals surface area contributed by atoms with Crippen molar-refractivity contribution in [3.8, 4) is 0 Å². The van der Waals surface area contributed by atoms with Crippen LogP contribution in [0.15, 0.2) is 28.3 Å². The fourth-order valence-electron chi connectivity index (χ4n) is 1.54. The molecule has 2 N–H and O–H groups in total. The summed E-state index contributed by atoms with van der Waals surface area (Å²) >= 11 is 0. The van der Waals surface area contributed by atoms with E-state index in [4.69, 9.17) is 5.73 Å². The van der Waals surface area contributed by atoms with Crippen LogP contribution in [0, 0.1) is 0 Å². The van der Waals surface area contributed by atoms with Gasteiger partial charge in [-0.1, -0.05) is 13.8 Å². The third kappa shape index (κ3) is 2.27. The zero-order chi connectivity index (χ0) is 11.5. The Morgan fingerprint density at radius 3 is 2.69 bits per heavy atom. The molecule has 1 aromatic heterocycles. The molecule has 0 unspecified atom stereocenters. The Morgan fingerprint density at radius 1 is 1.31 bits per heavy atom. The van der Waals surface area contributed by atoms with E-state index in [0.717, 1.165) is 24.2 Å². The molecule has 1 aliphatic heterocycles. The Bertz CT molecular complexity index is 429. The predicted molar refractivity (Wildman–Crippen MR) is 66.0 cm³/mol. The van der Waals surface area contributed by atoms with E-state index >= 15 is 0 Å². The highest BCUT2D eigenvalue weighted by Gasteiger charge is 2.09. The molecule has 2 heterocycles. The molecular weight excluding hydrogens is 200 g/mol. The first-order chi connectivity index (χ1) is 7.66. The molecule has 16 heavy (non-hydrogen) atoms. The Balaban J connectivity index is 2.25. The van der Waals surface area contributed by atoms with Crippen LogP contribution in [0.5, 0.6) is 0 Å². The van der Waals surface area contributed by atoms with Gasteiger partial charge >= 0.3 is 0 Å². The van der Waals surface area contributed by atoms with Gasteiger partial charge in [0.2, 0.25) is 0 Å². The van der Waals surface area contributed by atoms with Gasteiger partial charge in [-0.3, -0.25) is 9.98 Å². The molecule has 2 rings (SSSR count). The lowest BCUT2D eigenvalue weighted by atomic mass is 10.1. The molecule has 0 spiro atoms. The molecular formula is C12H16N4. The second-order valence-corrected chi connectivity index (χ2v) is 4.18. The first-order valence-corrected chi connectivity index (χ1v) is 5.50. The Kier molecular flexibility index (Phi) is 2.99. The maximum atomic E-state index is 5.69. The van der Waals surface area contributed by atoms with Crippen molar-refractivity contribution < 1.29 is 0 Å². The van der Waals surface area contributed by atoms with E-state index in [1.807, 2.05) is 18.3 Å². The van der Waals surface area contributed by atoms with E-state index in [2.05, 4.69) is 28.8 Å². The predicted octanol–water partition coefficient (Wildman–Crippen LogP) is 1.71. The van der Waals surface area contributed by atoms with Gasteiger partial charge < -0.3 is 5.73 Å². The summed E-state index contributed by atoms with van der Waals surface area (Å²) in [6.07, 6.45) is 2.57. The standard InChI is InChI=1S/C12H16N4/c1-8(2)10-4-3-9(7-15-10)12-14-6-5-11(13)16-12/h3-4,7-8H,5-6H2,1-2H3,(H2,13,14,16). The van der Waals surface area contributed by atoms with Gasteiger partial charge in [-0.2, -0.15) is 0 Å². The number of pyridine rings is 1. The van der Waals surface area contributed by atoms with E-state index in [-0.39, 0.29) is 0 Å². The molecule has 0 bridgehead atoms. The SMILES string of the molecule is CC(C)c1ccc(C2=NCCC(N)=N2)cn1. The van der Waals surface area contributed by atoms with Crippen LogP contribution < -0.4 is 5.73 Å². The van der Waals surface area contributed by atoms with E-state index in [1.165, 1.54) is 0 Å².